The summed E-state index contributed by atoms with van der Waals surface area (Å²) in [5.74, 6) is 1.37. The van der Waals surface area contributed by atoms with E-state index in [2.05, 4.69) is 15.3 Å². The van der Waals surface area contributed by atoms with Crippen LogP contribution in [0.1, 0.15) is 5.56 Å². The third kappa shape index (κ3) is 2.55. The number of ether oxygens (including phenoxy) is 1. The first-order valence-corrected chi connectivity index (χ1v) is 5.06. The van der Waals surface area contributed by atoms with Crippen LogP contribution in [-0.2, 0) is 6.54 Å². The van der Waals surface area contributed by atoms with Crippen LogP contribution < -0.4 is 10.1 Å². The van der Waals surface area contributed by atoms with Gasteiger partial charge in [-0.1, -0.05) is 18.2 Å². The van der Waals surface area contributed by atoms with E-state index in [-0.39, 0.29) is 0 Å². The lowest BCUT2D eigenvalue weighted by molar-refractivity contribution is 0.454. The molecule has 0 bridgehead atoms. The number of hydrogen-bond donors (Lipinski definition) is 1. The van der Waals surface area contributed by atoms with E-state index in [9.17, 15) is 0 Å². The Morgan fingerprint density at radius 3 is 2.88 bits per heavy atom. The highest BCUT2D eigenvalue weighted by Gasteiger charge is 2.03. The molecule has 0 amide bonds. The molecule has 0 spiro atoms. The number of aromatic nitrogens is 2. The predicted octanol–water partition coefficient (Wildman–Crippen LogP) is 1.99. The van der Waals surface area contributed by atoms with E-state index in [4.69, 9.17) is 4.74 Å². The van der Waals surface area contributed by atoms with Crippen LogP contribution in [0, 0.1) is 0 Å². The molecule has 0 aliphatic rings. The number of hydrogen-bond acceptors (Lipinski definition) is 4. The van der Waals surface area contributed by atoms with Gasteiger partial charge in [0.05, 0.1) is 0 Å². The van der Waals surface area contributed by atoms with Crippen molar-refractivity contribution in [2.24, 2.45) is 0 Å². The van der Waals surface area contributed by atoms with Gasteiger partial charge < -0.3 is 10.1 Å². The summed E-state index contributed by atoms with van der Waals surface area (Å²) in [7, 11) is 1.90. The van der Waals surface area contributed by atoms with Crippen molar-refractivity contribution in [3.05, 3.63) is 48.4 Å². The SMILES string of the molecule is CNCc1ccccc1Oc1ccncn1. The zero-order valence-corrected chi connectivity index (χ0v) is 9.05. The number of nitrogens with zero attached hydrogens (tertiary/aromatic N) is 2. The summed E-state index contributed by atoms with van der Waals surface area (Å²) in [5.41, 5.74) is 1.10. The van der Waals surface area contributed by atoms with E-state index in [1.807, 2.05) is 31.3 Å². The molecule has 1 heterocycles. The average molecular weight is 215 g/mol. The lowest BCUT2D eigenvalue weighted by Gasteiger charge is -2.09. The smallest absolute Gasteiger partial charge is 0.222 e. The molecule has 0 radical (unpaired) electrons. The maximum atomic E-state index is 5.67. The molecule has 1 aromatic heterocycles. The molecule has 2 aromatic rings. The molecule has 16 heavy (non-hydrogen) atoms. The van der Waals surface area contributed by atoms with Gasteiger partial charge in [0.1, 0.15) is 12.1 Å². The molecule has 0 fully saturated rings. The Kier molecular flexibility index (Phi) is 3.46. The predicted molar refractivity (Wildman–Crippen MR) is 61.3 cm³/mol. The van der Waals surface area contributed by atoms with Crippen molar-refractivity contribution >= 4 is 0 Å². The van der Waals surface area contributed by atoms with Crippen molar-refractivity contribution in [3.8, 4) is 11.6 Å². The van der Waals surface area contributed by atoms with Gasteiger partial charge in [-0.05, 0) is 13.1 Å². The maximum Gasteiger partial charge on any atom is 0.222 e. The van der Waals surface area contributed by atoms with Crippen LogP contribution in [0.25, 0.3) is 0 Å². The highest BCUT2D eigenvalue weighted by molar-refractivity contribution is 5.35. The average Bonchev–Trinajstić information content (AvgIpc) is 2.33. The van der Waals surface area contributed by atoms with Crippen LogP contribution in [-0.4, -0.2) is 17.0 Å². The number of para-hydroxylation sites is 1. The number of nitrogens with one attached hydrogen (secondary N) is 1. The van der Waals surface area contributed by atoms with Gasteiger partial charge in [0.2, 0.25) is 5.88 Å². The highest BCUT2D eigenvalue weighted by Crippen LogP contribution is 2.22. The Morgan fingerprint density at radius 1 is 1.25 bits per heavy atom. The molecule has 4 heteroatoms. The molecule has 1 N–H and O–H groups in total. The van der Waals surface area contributed by atoms with Crippen LogP contribution in [0.2, 0.25) is 0 Å². The summed E-state index contributed by atoms with van der Waals surface area (Å²) in [6.07, 6.45) is 3.12. The highest BCUT2D eigenvalue weighted by atomic mass is 16.5. The standard InChI is InChI=1S/C12H13N3O/c1-13-8-10-4-2-3-5-11(10)16-12-6-7-14-9-15-12/h2-7,9,13H,8H2,1H3. The number of rotatable bonds is 4. The van der Waals surface area contributed by atoms with E-state index < -0.39 is 0 Å². The summed E-state index contributed by atoms with van der Waals surface area (Å²) in [4.78, 5) is 7.86. The van der Waals surface area contributed by atoms with Crippen molar-refractivity contribution < 1.29 is 4.74 Å². The molecule has 1 aromatic carbocycles. The molecule has 82 valence electrons. The second kappa shape index (κ2) is 5.23. The summed E-state index contributed by atoms with van der Waals surface area (Å²) in [6, 6.07) is 9.60. The third-order valence-corrected chi connectivity index (χ3v) is 2.11. The lowest BCUT2D eigenvalue weighted by atomic mass is 10.2. The van der Waals surface area contributed by atoms with Gasteiger partial charge in [0, 0.05) is 24.4 Å². The van der Waals surface area contributed by atoms with Crippen LogP contribution in [0.5, 0.6) is 11.6 Å². The lowest BCUT2D eigenvalue weighted by Crippen LogP contribution is -2.06. The molecular formula is C12H13N3O. The van der Waals surface area contributed by atoms with Crippen LogP contribution in [0.15, 0.2) is 42.9 Å². The molecule has 0 saturated carbocycles. The Morgan fingerprint density at radius 2 is 2.12 bits per heavy atom. The van der Waals surface area contributed by atoms with E-state index in [0.29, 0.717) is 5.88 Å². The zero-order valence-electron chi connectivity index (χ0n) is 9.05. The largest absolute Gasteiger partial charge is 0.439 e. The third-order valence-electron chi connectivity index (χ3n) is 2.11. The summed E-state index contributed by atoms with van der Waals surface area (Å²) >= 11 is 0. The molecule has 0 atom stereocenters. The summed E-state index contributed by atoms with van der Waals surface area (Å²) in [5, 5.41) is 3.10. The van der Waals surface area contributed by atoms with Crippen LogP contribution in [0.4, 0.5) is 0 Å². The van der Waals surface area contributed by atoms with Crippen molar-refractivity contribution in [2.75, 3.05) is 7.05 Å². The second-order valence-corrected chi connectivity index (χ2v) is 3.29. The first kappa shape index (κ1) is 10.6. The summed E-state index contributed by atoms with van der Waals surface area (Å²) < 4.78 is 5.67. The Bertz CT molecular complexity index is 445. The van der Waals surface area contributed by atoms with Crippen molar-refractivity contribution in [1.82, 2.24) is 15.3 Å². The normalized spacial score (nSPS) is 10.1. The van der Waals surface area contributed by atoms with Gasteiger partial charge in [0.25, 0.3) is 0 Å². The van der Waals surface area contributed by atoms with E-state index in [1.165, 1.54) is 6.33 Å². The molecule has 0 unspecified atom stereocenters. The minimum absolute atomic E-state index is 0.554. The summed E-state index contributed by atoms with van der Waals surface area (Å²) in [6.45, 7) is 0.765. The fourth-order valence-corrected chi connectivity index (χ4v) is 1.39. The number of benzene rings is 1. The first-order chi connectivity index (χ1) is 7.90. The Hall–Kier alpha value is -1.94. The van der Waals surface area contributed by atoms with E-state index in [1.54, 1.807) is 12.3 Å². The van der Waals surface area contributed by atoms with E-state index in [0.717, 1.165) is 17.9 Å². The molecule has 0 aliphatic heterocycles. The van der Waals surface area contributed by atoms with Gasteiger partial charge in [-0.3, -0.25) is 0 Å². The second-order valence-electron chi connectivity index (χ2n) is 3.29. The van der Waals surface area contributed by atoms with Crippen molar-refractivity contribution in [2.45, 2.75) is 6.54 Å². The van der Waals surface area contributed by atoms with Gasteiger partial charge in [-0.2, -0.15) is 0 Å². The van der Waals surface area contributed by atoms with Crippen LogP contribution >= 0.6 is 0 Å². The van der Waals surface area contributed by atoms with Gasteiger partial charge in [-0.25, -0.2) is 9.97 Å². The molecule has 0 saturated heterocycles. The molecule has 2 rings (SSSR count). The first-order valence-electron chi connectivity index (χ1n) is 5.06. The monoisotopic (exact) mass is 215 g/mol. The maximum absolute atomic E-state index is 5.67. The van der Waals surface area contributed by atoms with Gasteiger partial charge >= 0.3 is 0 Å². The van der Waals surface area contributed by atoms with Crippen molar-refractivity contribution in [3.63, 3.8) is 0 Å². The molecular weight excluding hydrogens is 202 g/mol. The Labute approximate surface area is 94.3 Å². The minimum Gasteiger partial charge on any atom is -0.439 e. The molecule has 0 aliphatic carbocycles. The fourth-order valence-electron chi connectivity index (χ4n) is 1.39. The Balaban J connectivity index is 2.21. The fraction of sp³-hybridized carbons (Fsp3) is 0.167. The topological polar surface area (TPSA) is 47.0 Å². The van der Waals surface area contributed by atoms with Crippen LogP contribution in [0.3, 0.4) is 0 Å². The molecule has 4 nitrogen and oxygen atoms in total. The van der Waals surface area contributed by atoms with Gasteiger partial charge in [0.15, 0.2) is 0 Å². The quantitative estimate of drug-likeness (QED) is 0.847. The van der Waals surface area contributed by atoms with Crippen molar-refractivity contribution in [1.29, 1.82) is 0 Å². The van der Waals surface area contributed by atoms with E-state index >= 15 is 0 Å². The zero-order chi connectivity index (χ0) is 11.2. The van der Waals surface area contributed by atoms with Gasteiger partial charge in [-0.15, -0.1) is 0 Å². The minimum atomic E-state index is 0.554.